The Kier molecular flexibility index (Phi) is 4.72. The van der Waals surface area contributed by atoms with Crippen LogP contribution in [0.2, 0.25) is 0 Å². The lowest BCUT2D eigenvalue weighted by Crippen LogP contribution is -2.14. The normalized spacial score (nSPS) is 10.1. The summed E-state index contributed by atoms with van der Waals surface area (Å²) in [4.78, 5) is 12.3. The van der Waals surface area contributed by atoms with E-state index in [1.54, 1.807) is 0 Å². The Morgan fingerprint density at radius 2 is 1.80 bits per heavy atom. The Hall–Kier alpha value is -2.35. The van der Waals surface area contributed by atoms with Crippen molar-refractivity contribution in [1.82, 2.24) is 0 Å². The molecule has 20 heavy (non-hydrogen) atoms. The van der Waals surface area contributed by atoms with Crippen LogP contribution in [0.25, 0.3) is 0 Å². The third-order valence-electron chi connectivity index (χ3n) is 3.26. The maximum absolute atomic E-state index is 12.3. The predicted octanol–water partition coefficient (Wildman–Crippen LogP) is 4.23. The summed E-state index contributed by atoms with van der Waals surface area (Å²) >= 11 is 0. The van der Waals surface area contributed by atoms with Crippen LogP contribution < -0.4 is 5.32 Å². The van der Waals surface area contributed by atoms with Crippen molar-refractivity contribution in [2.24, 2.45) is 0 Å². The van der Waals surface area contributed by atoms with E-state index in [2.05, 4.69) is 18.8 Å². The zero-order valence-corrected chi connectivity index (χ0v) is 11.7. The number of nitrogens with one attached hydrogen (secondary N) is 1. The largest absolute Gasteiger partial charge is 0.321 e. The van der Waals surface area contributed by atoms with Crippen molar-refractivity contribution < 1.29 is 4.79 Å². The molecule has 102 valence electrons. The van der Waals surface area contributed by atoms with Crippen molar-refractivity contribution in [3.05, 3.63) is 77.9 Å². The van der Waals surface area contributed by atoms with Gasteiger partial charge in [0.1, 0.15) is 0 Å². The number of rotatable bonds is 5. The van der Waals surface area contributed by atoms with E-state index < -0.39 is 0 Å². The van der Waals surface area contributed by atoms with Crippen LogP contribution in [-0.4, -0.2) is 5.91 Å². The van der Waals surface area contributed by atoms with Crippen LogP contribution in [-0.2, 0) is 12.8 Å². The molecular weight excluding hydrogens is 246 g/mol. The first-order valence-electron chi connectivity index (χ1n) is 6.84. The summed E-state index contributed by atoms with van der Waals surface area (Å²) in [6.45, 7) is 5.87. The highest BCUT2D eigenvalue weighted by molar-refractivity contribution is 6.05. The zero-order valence-electron chi connectivity index (χ0n) is 11.7. The Balaban J connectivity index is 2.32. The molecule has 0 aliphatic rings. The van der Waals surface area contributed by atoms with E-state index in [1.165, 1.54) is 0 Å². The van der Waals surface area contributed by atoms with E-state index in [-0.39, 0.29) is 5.91 Å². The fourth-order valence-corrected chi connectivity index (χ4v) is 2.21. The number of carbonyl (C=O) groups excluding carboxylic acids is 1. The topological polar surface area (TPSA) is 29.1 Å². The number of allylic oxidation sites excluding steroid dienone is 1. The second-order valence-electron chi connectivity index (χ2n) is 4.62. The molecule has 0 fully saturated rings. The van der Waals surface area contributed by atoms with Crippen LogP contribution in [0.1, 0.15) is 28.4 Å². The molecule has 0 radical (unpaired) electrons. The van der Waals surface area contributed by atoms with Gasteiger partial charge in [-0.3, -0.25) is 4.79 Å². The van der Waals surface area contributed by atoms with Gasteiger partial charge < -0.3 is 5.32 Å². The van der Waals surface area contributed by atoms with E-state index in [0.717, 1.165) is 29.7 Å². The summed E-state index contributed by atoms with van der Waals surface area (Å²) in [5.41, 5.74) is 3.84. The number of carbonyl (C=O) groups is 1. The van der Waals surface area contributed by atoms with Gasteiger partial charge in [-0.25, -0.2) is 0 Å². The van der Waals surface area contributed by atoms with Crippen molar-refractivity contribution in [3.63, 3.8) is 0 Å². The molecular formula is C18H19NO. The first-order chi connectivity index (χ1) is 9.76. The molecule has 2 heteroatoms. The third-order valence-corrected chi connectivity index (χ3v) is 3.26. The summed E-state index contributed by atoms with van der Waals surface area (Å²) in [6.07, 6.45) is 3.49. The summed E-state index contributed by atoms with van der Waals surface area (Å²) in [5.74, 6) is -0.0724. The maximum Gasteiger partial charge on any atom is 0.255 e. The number of aryl methyl sites for hydroxylation is 1. The molecule has 2 rings (SSSR count). The van der Waals surface area contributed by atoms with Gasteiger partial charge in [-0.1, -0.05) is 49.4 Å². The molecule has 2 aromatic carbocycles. The first kappa shape index (κ1) is 14.1. The molecule has 2 aromatic rings. The SMILES string of the molecule is C=CCc1cccc(CC)c1NC(=O)c1ccccc1. The molecule has 0 saturated heterocycles. The minimum Gasteiger partial charge on any atom is -0.321 e. The number of benzene rings is 2. The lowest BCUT2D eigenvalue weighted by atomic mass is 10.0. The van der Waals surface area contributed by atoms with Gasteiger partial charge in [0.25, 0.3) is 5.91 Å². The number of hydrogen-bond acceptors (Lipinski definition) is 1. The number of anilines is 1. The molecule has 0 spiro atoms. The monoisotopic (exact) mass is 265 g/mol. The zero-order chi connectivity index (χ0) is 14.4. The van der Waals surface area contributed by atoms with E-state index >= 15 is 0 Å². The van der Waals surface area contributed by atoms with Gasteiger partial charge >= 0.3 is 0 Å². The van der Waals surface area contributed by atoms with Gasteiger partial charge in [-0.2, -0.15) is 0 Å². The van der Waals surface area contributed by atoms with E-state index in [9.17, 15) is 4.79 Å². The smallest absolute Gasteiger partial charge is 0.255 e. The van der Waals surface area contributed by atoms with E-state index in [4.69, 9.17) is 0 Å². The van der Waals surface area contributed by atoms with Crippen LogP contribution in [0.4, 0.5) is 5.69 Å². The summed E-state index contributed by atoms with van der Waals surface area (Å²) < 4.78 is 0. The summed E-state index contributed by atoms with van der Waals surface area (Å²) in [6, 6.07) is 15.4. The molecule has 0 bridgehead atoms. The quantitative estimate of drug-likeness (QED) is 0.805. The highest BCUT2D eigenvalue weighted by atomic mass is 16.1. The van der Waals surface area contributed by atoms with Gasteiger partial charge in [-0.05, 0) is 36.1 Å². The third kappa shape index (κ3) is 3.15. The Bertz CT molecular complexity index is 602. The van der Waals surface area contributed by atoms with Crippen LogP contribution >= 0.6 is 0 Å². The molecule has 0 aromatic heterocycles. The van der Waals surface area contributed by atoms with Gasteiger partial charge in [0.15, 0.2) is 0 Å². The van der Waals surface area contributed by atoms with Gasteiger partial charge in [0.2, 0.25) is 0 Å². The Morgan fingerprint density at radius 3 is 2.45 bits per heavy atom. The molecule has 1 amide bonds. The first-order valence-corrected chi connectivity index (χ1v) is 6.84. The minimum absolute atomic E-state index is 0.0724. The molecule has 0 aliphatic heterocycles. The van der Waals surface area contributed by atoms with Crippen molar-refractivity contribution >= 4 is 11.6 Å². The average molecular weight is 265 g/mol. The number of para-hydroxylation sites is 1. The fourth-order valence-electron chi connectivity index (χ4n) is 2.21. The van der Waals surface area contributed by atoms with Gasteiger partial charge in [0.05, 0.1) is 0 Å². The average Bonchev–Trinajstić information content (AvgIpc) is 2.50. The van der Waals surface area contributed by atoms with Crippen molar-refractivity contribution in [3.8, 4) is 0 Å². The predicted molar refractivity (Wildman–Crippen MR) is 84.1 cm³/mol. The molecule has 0 aliphatic carbocycles. The maximum atomic E-state index is 12.3. The van der Waals surface area contributed by atoms with Crippen molar-refractivity contribution in [1.29, 1.82) is 0 Å². The van der Waals surface area contributed by atoms with Crippen LogP contribution in [0.5, 0.6) is 0 Å². The van der Waals surface area contributed by atoms with E-state index in [1.807, 2.05) is 54.6 Å². The van der Waals surface area contributed by atoms with Crippen LogP contribution in [0.15, 0.2) is 61.2 Å². The molecule has 0 unspecified atom stereocenters. The van der Waals surface area contributed by atoms with Gasteiger partial charge in [-0.15, -0.1) is 6.58 Å². The molecule has 2 nitrogen and oxygen atoms in total. The minimum atomic E-state index is -0.0724. The highest BCUT2D eigenvalue weighted by Gasteiger charge is 2.11. The molecule has 1 N–H and O–H groups in total. The van der Waals surface area contributed by atoms with Gasteiger partial charge in [0, 0.05) is 11.3 Å². The number of amides is 1. The lowest BCUT2D eigenvalue weighted by Gasteiger charge is -2.14. The number of hydrogen-bond donors (Lipinski definition) is 1. The molecule has 0 saturated carbocycles. The van der Waals surface area contributed by atoms with E-state index in [0.29, 0.717) is 5.56 Å². The Labute approximate surface area is 120 Å². The summed E-state index contributed by atoms with van der Waals surface area (Å²) in [7, 11) is 0. The van der Waals surface area contributed by atoms with Crippen molar-refractivity contribution in [2.45, 2.75) is 19.8 Å². The standard InChI is InChI=1S/C18H19NO/c1-3-9-15-13-8-12-14(4-2)17(15)19-18(20)16-10-6-5-7-11-16/h3,5-8,10-13H,1,4,9H2,2H3,(H,19,20). The van der Waals surface area contributed by atoms with Crippen LogP contribution in [0, 0.1) is 0 Å². The summed E-state index contributed by atoms with van der Waals surface area (Å²) in [5, 5.41) is 3.04. The highest BCUT2D eigenvalue weighted by Crippen LogP contribution is 2.23. The second kappa shape index (κ2) is 6.71. The Morgan fingerprint density at radius 1 is 1.10 bits per heavy atom. The lowest BCUT2D eigenvalue weighted by molar-refractivity contribution is 0.102. The van der Waals surface area contributed by atoms with Crippen molar-refractivity contribution in [2.75, 3.05) is 5.32 Å². The second-order valence-corrected chi connectivity index (χ2v) is 4.62. The fraction of sp³-hybridized carbons (Fsp3) is 0.167. The molecule has 0 heterocycles. The van der Waals surface area contributed by atoms with Crippen LogP contribution in [0.3, 0.4) is 0 Å². The molecule has 0 atom stereocenters.